The molecule has 2 nitrogen and oxygen atoms in total. The molecule has 0 aliphatic rings. The van der Waals surface area contributed by atoms with E-state index in [4.69, 9.17) is 0 Å². The van der Waals surface area contributed by atoms with E-state index in [1.54, 1.807) is 0 Å². The molecule has 0 bridgehead atoms. The van der Waals surface area contributed by atoms with Gasteiger partial charge in [0.2, 0.25) is 0 Å². The molecule has 2 N–H and O–H groups in total. The molecule has 4 rings (SSSR count). The van der Waals surface area contributed by atoms with Crippen LogP contribution in [0.5, 0.6) is 0 Å². The lowest BCUT2D eigenvalue weighted by Crippen LogP contribution is -2.10. The third-order valence-corrected chi connectivity index (χ3v) is 5.68. The van der Waals surface area contributed by atoms with Crippen molar-refractivity contribution < 1.29 is 17.6 Å². The Labute approximate surface area is 176 Å². The average Bonchev–Trinajstić information content (AvgIpc) is 3.23. The van der Waals surface area contributed by atoms with Gasteiger partial charge in [0, 0.05) is 27.0 Å². The van der Waals surface area contributed by atoms with Crippen LogP contribution in [0.25, 0.3) is 46.4 Å². The van der Waals surface area contributed by atoms with Gasteiger partial charge in [0.05, 0.1) is 17.0 Å². The molecule has 0 saturated carbocycles. The average molecular weight is 426 g/mol. The van der Waals surface area contributed by atoms with Gasteiger partial charge in [-0.2, -0.15) is 0 Å². The predicted molar refractivity (Wildman–Crippen MR) is 117 cm³/mol. The maximum Gasteiger partial charge on any atom is 0.171 e. The third-order valence-electron chi connectivity index (χ3n) is 5.68. The van der Waals surface area contributed by atoms with Gasteiger partial charge in [0.25, 0.3) is 0 Å². The first kappa shape index (κ1) is 21.0. The highest BCUT2D eigenvalue weighted by atomic mass is 19.2. The fourth-order valence-electron chi connectivity index (χ4n) is 3.91. The van der Waals surface area contributed by atoms with Crippen LogP contribution in [0.4, 0.5) is 17.6 Å². The third kappa shape index (κ3) is 3.09. The van der Waals surface area contributed by atoms with Crippen molar-refractivity contribution in [3.05, 3.63) is 69.4 Å². The van der Waals surface area contributed by atoms with Crippen LogP contribution in [0.3, 0.4) is 0 Å². The molecule has 4 aromatic rings. The van der Waals surface area contributed by atoms with Crippen molar-refractivity contribution in [3.63, 3.8) is 0 Å². The van der Waals surface area contributed by atoms with Crippen molar-refractivity contribution in [2.45, 2.75) is 33.1 Å². The summed E-state index contributed by atoms with van der Waals surface area (Å²) in [5.74, 6) is -5.78. The SMILES string of the molecule is C=c1[nH]c(-c2c(F)c(F)c(C)c(F)c2F)c2c(=C)[nH]c(-c3ccc(C(C)(C)C)cc3)c12. The molecule has 0 radical (unpaired) electrons. The van der Waals surface area contributed by atoms with Gasteiger partial charge in [0.15, 0.2) is 23.3 Å². The van der Waals surface area contributed by atoms with Crippen molar-refractivity contribution in [2.24, 2.45) is 0 Å². The van der Waals surface area contributed by atoms with Gasteiger partial charge in [0.1, 0.15) is 0 Å². The Balaban J connectivity index is 2.00. The first-order valence-corrected chi connectivity index (χ1v) is 9.78. The molecule has 0 aliphatic carbocycles. The summed E-state index contributed by atoms with van der Waals surface area (Å²) in [5, 5.41) is 1.60. The number of rotatable bonds is 2. The van der Waals surface area contributed by atoms with E-state index in [0.717, 1.165) is 18.1 Å². The Morgan fingerprint density at radius 1 is 0.710 bits per heavy atom. The monoisotopic (exact) mass is 426 g/mol. The van der Waals surface area contributed by atoms with Crippen LogP contribution in [0.15, 0.2) is 24.3 Å². The van der Waals surface area contributed by atoms with E-state index in [0.29, 0.717) is 27.2 Å². The van der Waals surface area contributed by atoms with Crippen molar-refractivity contribution >= 4 is 23.9 Å². The van der Waals surface area contributed by atoms with Crippen LogP contribution < -0.4 is 10.7 Å². The normalized spacial score (nSPS) is 12.1. The smallest absolute Gasteiger partial charge is 0.171 e. The van der Waals surface area contributed by atoms with Crippen molar-refractivity contribution in [1.82, 2.24) is 9.97 Å². The lowest BCUT2D eigenvalue weighted by Gasteiger charge is -2.19. The van der Waals surface area contributed by atoms with E-state index in [-0.39, 0.29) is 11.1 Å². The molecule has 31 heavy (non-hydrogen) atoms. The van der Waals surface area contributed by atoms with Crippen LogP contribution in [-0.2, 0) is 5.41 Å². The van der Waals surface area contributed by atoms with Crippen molar-refractivity contribution in [2.75, 3.05) is 0 Å². The number of halogens is 4. The number of aromatic amines is 2. The zero-order valence-electron chi connectivity index (χ0n) is 17.7. The standard InChI is InChI=1S/C25H22F4N2/c1-11-19(26)21(28)18(22(29)20(11)27)24-17-13(3)30-23(16(17)12(2)31-24)14-7-9-15(10-8-14)25(4,5)6/h7-10,30-31H,2-3H2,1,4-6H3. The van der Waals surface area contributed by atoms with Crippen LogP contribution in [-0.4, -0.2) is 9.97 Å². The molecule has 2 aromatic carbocycles. The number of aromatic nitrogens is 2. The molecule has 0 unspecified atom stereocenters. The fourth-order valence-corrected chi connectivity index (χ4v) is 3.91. The zero-order chi connectivity index (χ0) is 22.8. The summed E-state index contributed by atoms with van der Waals surface area (Å²) in [6, 6.07) is 7.88. The molecular weight excluding hydrogens is 404 g/mol. The van der Waals surface area contributed by atoms with Gasteiger partial charge in [-0.25, -0.2) is 17.6 Å². The van der Waals surface area contributed by atoms with Crippen LogP contribution >= 0.6 is 0 Å². The quantitative estimate of drug-likeness (QED) is 0.299. The minimum Gasteiger partial charge on any atom is -0.354 e. The highest BCUT2D eigenvalue weighted by Crippen LogP contribution is 2.35. The summed E-state index contributed by atoms with van der Waals surface area (Å²) >= 11 is 0. The van der Waals surface area contributed by atoms with Gasteiger partial charge >= 0.3 is 0 Å². The second-order valence-corrected chi connectivity index (χ2v) is 8.79. The highest BCUT2D eigenvalue weighted by Gasteiger charge is 2.27. The summed E-state index contributed by atoms with van der Waals surface area (Å²) in [4.78, 5) is 5.94. The summed E-state index contributed by atoms with van der Waals surface area (Å²) in [7, 11) is 0. The van der Waals surface area contributed by atoms with Gasteiger partial charge in [-0.15, -0.1) is 0 Å². The Kier molecular flexibility index (Phi) is 4.65. The Hall–Kier alpha value is -3.28. The predicted octanol–water partition coefficient (Wildman–Crippen LogP) is 5.81. The topological polar surface area (TPSA) is 31.6 Å². The van der Waals surface area contributed by atoms with Crippen LogP contribution in [0.1, 0.15) is 31.9 Å². The largest absolute Gasteiger partial charge is 0.354 e. The summed E-state index contributed by atoms with van der Waals surface area (Å²) < 4.78 is 57.8. The Morgan fingerprint density at radius 2 is 1.16 bits per heavy atom. The fraction of sp³-hybridized carbons (Fsp3) is 0.200. The first-order chi connectivity index (χ1) is 14.4. The van der Waals surface area contributed by atoms with E-state index in [9.17, 15) is 17.6 Å². The molecule has 160 valence electrons. The van der Waals surface area contributed by atoms with Gasteiger partial charge in [-0.05, 0) is 23.5 Å². The highest BCUT2D eigenvalue weighted by molar-refractivity contribution is 6.04. The number of hydrogen-bond donors (Lipinski definition) is 2. The second-order valence-electron chi connectivity index (χ2n) is 8.79. The zero-order valence-corrected chi connectivity index (χ0v) is 17.7. The molecular formula is C25H22F4N2. The van der Waals surface area contributed by atoms with E-state index >= 15 is 0 Å². The second kappa shape index (κ2) is 6.87. The van der Waals surface area contributed by atoms with Gasteiger partial charge in [-0.1, -0.05) is 58.2 Å². The minimum atomic E-state index is -1.46. The summed E-state index contributed by atoms with van der Waals surface area (Å²) in [5.41, 5.74) is 0.986. The van der Waals surface area contributed by atoms with E-state index < -0.39 is 34.4 Å². The van der Waals surface area contributed by atoms with Crippen LogP contribution in [0.2, 0.25) is 0 Å². The van der Waals surface area contributed by atoms with E-state index in [1.165, 1.54) is 0 Å². The molecule has 0 atom stereocenters. The number of hydrogen-bond acceptors (Lipinski definition) is 0. The molecule has 0 fully saturated rings. The number of H-pyrrole nitrogens is 2. The molecule has 0 spiro atoms. The van der Waals surface area contributed by atoms with Gasteiger partial charge in [-0.3, -0.25) is 0 Å². The minimum absolute atomic E-state index is 0.0194. The maximum atomic E-state index is 14.7. The molecule has 0 amide bonds. The molecule has 0 saturated heterocycles. The van der Waals surface area contributed by atoms with Crippen LogP contribution in [0, 0.1) is 30.2 Å². The lowest BCUT2D eigenvalue weighted by atomic mass is 9.86. The number of fused-ring (bicyclic) bond motifs is 1. The molecule has 0 aliphatic heterocycles. The summed E-state index contributed by atoms with van der Waals surface area (Å²) in [6.07, 6.45) is 0. The number of benzene rings is 2. The molecule has 2 heterocycles. The van der Waals surface area contributed by atoms with Crippen molar-refractivity contribution in [1.29, 1.82) is 0 Å². The van der Waals surface area contributed by atoms with E-state index in [1.807, 2.05) is 24.3 Å². The van der Waals surface area contributed by atoms with E-state index in [2.05, 4.69) is 43.9 Å². The summed E-state index contributed by atoms with van der Waals surface area (Å²) in [6.45, 7) is 15.2. The molecule has 2 aromatic heterocycles. The van der Waals surface area contributed by atoms with Gasteiger partial charge < -0.3 is 9.97 Å². The Morgan fingerprint density at radius 3 is 1.65 bits per heavy atom. The maximum absolute atomic E-state index is 14.7. The first-order valence-electron chi connectivity index (χ1n) is 9.78. The lowest BCUT2D eigenvalue weighted by molar-refractivity contribution is 0.449. The van der Waals surface area contributed by atoms with Crippen molar-refractivity contribution in [3.8, 4) is 22.5 Å². The number of nitrogens with one attached hydrogen (secondary N) is 2. The Bertz CT molecular complexity index is 1400. The molecule has 6 heteroatoms.